The lowest BCUT2D eigenvalue weighted by atomic mass is 10.3. The Morgan fingerprint density at radius 3 is 2.80 bits per heavy atom. The molecule has 0 saturated carbocycles. The second-order valence-corrected chi connectivity index (χ2v) is 7.58. The Morgan fingerprint density at radius 1 is 1.33 bits per heavy atom. The summed E-state index contributed by atoms with van der Waals surface area (Å²) in [5.41, 5.74) is 1.05. The van der Waals surface area contributed by atoms with Gasteiger partial charge >= 0.3 is 0 Å². The second-order valence-electron chi connectivity index (χ2n) is 6.32. The van der Waals surface area contributed by atoms with E-state index in [4.69, 9.17) is 16.3 Å². The Morgan fingerprint density at radius 2 is 2.13 bits per heavy atom. The molecule has 2 heterocycles. The molecule has 0 aliphatic heterocycles. The number of aromatic nitrogens is 4. The highest BCUT2D eigenvalue weighted by atomic mass is 79.9. The molecule has 10 nitrogen and oxygen atoms in total. The van der Waals surface area contributed by atoms with Gasteiger partial charge in [0.15, 0.2) is 6.73 Å². The molecule has 0 saturated heterocycles. The molecule has 0 bridgehead atoms. The molecule has 30 heavy (non-hydrogen) atoms. The normalized spacial score (nSPS) is 10.8. The number of amides is 1. The first kappa shape index (κ1) is 21.8. The van der Waals surface area contributed by atoms with Gasteiger partial charge in [0.2, 0.25) is 0 Å². The number of ether oxygens (including phenoxy) is 1. The molecule has 0 aliphatic carbocycles. The molecule has 0 fully saturated rings. The topological polar surface area (TPSA) is 117 Å². The zero-order valence-electron chi connectivity index (χ0n) is 15.9. The third-order valence-electron chi connectivity index (χ3n) is 4.09. The fourth-order valence-electron chi connectivity index (χ4n) is 2.55. The number of carbonyl (C=O) groups excluding carboxylic acids is 1. The lowest BCUT2D eigenvalue weighted by Gasteiger charge is -2.08. The highest BCUT2D eigenvalue weighted by Gasteiger charge is 2.12. The summed E-state index contributed by atoms with van der Waals surface area (Å²) in [6.45, 7) is 3.08. The van der Waals surface area contributed by atoms with E-state index in [-0.39, 0.29) is 34.8 Å². The molecule has 12 heteroatoms. The first-order chi connectivity index (χ1) is 14.3. The Kier molecular flexibility index (Phi) is 7.06. The molecule has 0 spiro atoms. The fraction of sp³-hybridized carbons (Fsp3) is 0.278. The number of nitro groups is 1. The molecule has 0 unspecified atom stereocenters. The van der Waals surface area contributed by atoms with Gasteiger partial charge in [-0.15, -0.1) is 0 Å². The Bertz CT molecular complexity index is 1050. The number of hydrogen-bond acceptors (Lipinski definition) is 6. The third kappa shape index (κ3) is 5.57. The highest BCUT2D eigenvalue weighted by Crippen LogP contribution is 2.28. The van der Waals surface area contributed by atoms with Crippen molar-refractivity contribution in [3.8, 4) is 5.75 Å². The smallest absolute Gasteiger partial charge is 0.271 e. The van der Waals surface area contributed by atoms with Gasteiger partial charge in [-0.25, -0.2) is 4.68 Å². The van der Waals surface area contributed by atoms with E-state index in [9.17, 15) is 14.9 Å². The zero-order valence-corrected chi connectivity index (χ0v) is 18.3. The van der Waals surface area contributed by atoms with Gasteiger partial charge in [-0.05, 0) is 41.4 Å². The van der Waals surface area contributed by atoms with E-state index in [1.165, 1.54) is 22.9 Å². The van der Waals surface area contributed by atoms with Crippen LogP contribution in [0.5, 0.6) is 5.75 Å². The van der Waals surface area contributed by atoms with Crippen LogP contribution in [0.1, 0.15) is 22.6 Å². The van der Waals surface area contributed by atoms with Crippen molar-refractivity contribution in [3.05, 3.63) is 67.7 Å². The fourth-order valence-corrected chi connectivity index (χ4v) is 3.10. The summed E-state index contributed by atoms with van der Waals surface area (Å²) in [6.07, 6.45) is 4.22. The number of benzene rings is 1. The number of hydrogen-bond donors (Lipinski definition) is 1. The monoisotopic (exact) mass is 496 g/mol. The van der Waals surface area contributed by atoms with Crippen molar-refractivity contribution in [2.75, 3.05) is 6.54 Å². The molecule has 2 aromatic heterocycles. The molecule has 0 atom stereocenters. The minimum absolute atomic E-state index is 0.00165. The minimum Gasteiger partial charge on any atom is -0.470 e. The van der Waals surface area contributed by atoms with Crippen LogP contribution in [0.15, 0.2) is 41.1 Å². The van der Waals surface area contributed by atoms with Crippen LogP contribution in [0, 0.1) is 17.0 Å². The van der Waals surface area contributed by atoms with Gasteiger partial charge in [-0.1, -0.05) is 11.6 Å². The number of nitrogens with one attached hydrogen (secondary N) is 1. The number of nitrogens with zero attached hydrogens (tertiary/aromatic N) is 5. The van der Waals surface area contributed by atoms with Gasteiger partial charge in [0.25, 0.3) is 11.6 Å². The van der Waals surface area contributed by atoms with Crippen LogP contribution < -0.4 is 10.1 Å². The second kappa shape index (κ2) is 9.72. The van der Waals surface area contributed by atoms with Gasteiger partial charge in [0.05, 0.1) is 20.1 Å². The summed E-state index contributed by atoms with van der Waals surface area (Å²) >= 11 is 9.40. The zero-order chi connectivity index (χ0) is 21.7. The van der Waals surface area contributed by atoms with Crippen LogP contribution in [0.25, 0.3) is 0 Å². The van der Waals surface area contributed by atoms with Crippen molar-refractivity contribution in [3.63, 3.8) is 0 Å². The minimum atomic E-state index is -0.539. The molecule has 3 aromatic rings. The molecule has 1 amide bonds. The summed E-state index contributed by atoms with van der Waals surface area (Å²) in [5, 5.41) is 22.2. The van der Waals surface area contributed by atoms with Gasteiger partial charge < -0.3 is 10.1 Å². The summed E-state index contributed by atoms with van der Waals surface area (Å²) in [6, 6.07) is 5.50. The van der Waals surface area contributed by atoms with Gasteiger partial charge in [0, 0.05) is 37.6 Å². The van der Waals surface area contributed by atoms with Crippen molar-refractivity contribution >= 4 is 39.1 Å². The predicted molar refractivity (Wildman–Crippen MR) is 113 cm³/mol. The molecular weight excluding hydrogens is 480 g/mol. The van der Waals surface area contributed by atoms with E-state index in [1.807, 2.05) is 17.8 Å². The van der Waals surface area contributed by atoms with Crippen LogP contribution in [0.4, 0.5) is 5.69 Å². The molecule has 158 valence electrons. The van der Waals surface area contributed by atoms with E-state index in [1.54, 1.807) is 12.3 Å². The predicted octanol–water partition coefficient (Wildman–Crippen LogP) is 3.57. The summed E-state index contributed by atoms with van der Waals surface area (Å²) in [5.74, 6) is -0.00999. The van der Waals surface area contributed by atoms with Gasteiger partial charge in [-0.2, -0.15) is 10.2 Å². The lowest BCUT2D eigenvalue weighted by Crippen LogP contribution is -2.26. The highest BCUT2D eigenvalue weighted by molar-refractivity contribution is 9.10. The number of halogens is 2. The van der Waals surface area contributed by atoms with Crippen LogP contribution in [0.2, 0.25) is 5.02 Å². The number of aryl methyl sites for hydroxylation is 2. The Labute approximate surface area is 185 Å². The maximum absolute atomic E-state index is 12.2. The largest absolute Gasteiger partial charge is 0.470 e. The van der Waals surface area contributed by atoms with Crippen molar-refractivity contribution in [2.24, 2.45) is 0 Å². The van der Waals surface area contributed by atoms with Crippen LogP contribution in [0.3, 0.4) is 0 Å². The third-order valence-corrected chi connectivity index (χ3v) is 5.16. The molecule has 1 aromatic carbocycles. The van der Waals surface area contributed by atoms with Crippen LogP contribution in [-0.2, 0) is 13.3 Å². The molecule has 3 rings (SSSR count). The standard InChI is InChI=1S/C18H18BrClN6O4/c1-12-14(19)10-24(22-12)7-2-6-21-18(27)16-5-8-25(23-16)11-30-17-4-3-13(26(28)29)9-15(17)20/h3-5,8-10H,2,6-7,11H2,1H3,(H,21,27). The first-order valence-corrected chi connectivity index (χ1v) is 10.1. The number of rotatable bonds is 9. The van der Waals surface area contributed by atoms with Crippen molar-refractivity contribution in [1.82, 2.24) is 24.9 Å². The molecule has 0 aliphatic rings. The van der Waals surface area contributed by atoms with E-state index < -0.39 is 4.92 Å². The molecular formula is C18H18BrClN6O4. The maximum Gasteiger partial charge on any atom is 0.271 e. The lowest BCUT2D eigenvalue weighted by molar-refractivity contribution is -0.384. The Hall–Kier alpha value is -2.92. The van der Waals surface area contributed by atoms with Crippen LogP contribution >= 0.6 is 27.5 Å². The average Bonchev–Trinajstić information content (AvgIpc) is 3.30. The van der Waals surface area contributed by atoms with Crippen molar-refractivity contribution in [2.45, 2.75) is 26.6 Å². The number of carbonyl (C=O) groups is 1. The van der Waals surface area contributed by atoms with E-state index in [0.717, 1.165) is 16.6 Å². The van der Waals surface area contributed by atoms with Crippen LogP contribution in [-0.4, -0.2) is 36.9 Å². The molecule has 1 N–H and O–H groups in total. The SMILES string of the molecule is Cc1nn(CCCNC(=O)c2ccn(COc3ccc([N+](=O)[O-])cc3Cl)n2)cc1Br. The number of non-ortho nitro benzene ring substituents is 1. The van der Waals surface area contributed by atoms with E-state index in [0.29, 0.717) is 13.1 Å². The van der Waals surface area contributed by atoms with Gasteiger partial charge in [-0.3, -0.25) is 19.6 Å². The van der Waals surface area contributed by atoms with E-state index in [2.05, 4.69) is 31.4 Å². The maximum atomic E-state index is 12.2. The van der Waals surface area contributed by atoms with Gasteiger partial charge in [0.1, 0.15) is 11.4 Å². The quantitative estimate of drug-likeness (QED) is 0.274. The van der Waals surface area contributed by atoms with Crippen molar-refractivity contribution < 1.29 is 14.5 Å². The Balaban J connectivity index is 1.46. The van der Waals surface area contributed by atoms with E-state index >= 15 is 0 Å². The summed E-state index contributed by atoms with van der Waals surface area (Å²) < 4.78 is 9.71. The summed E-state index contributed by atoms with van der Waals surface area (Å²) in [4.78, 5) is 22.4. The average molecular weight is 498 g/mol. The van der Waals surface area contributed by atoms with Crippen molar-refractivity contribution in [1.29, 1.82) is 0 Å². The number of nitro benzene ring substituents is 1. The first-order valence-electron chi connectivity index (χ1n) is 8.91. The summed E-state index contributed by atoms with van der Waals surface area (Å²) in [7, 11) is 0. The molecule has 0 radical (unpaired) electrons.